The van der Waals surface area contributed by atoms with Crippen LogP contribution in [-0.4, -0.2) is 18.2 Å². The second kappa shape index (κ2) is 4.82. The van der Waals surface area contributed by atoms with E-state index in [1.807, 2.05) is 0 Å². The first-order chi connectivity index (χ1) is 7.20. The lowest BCUT2D eigenvalue weighted by molar-refractivity contribution is -0.132. The van der Waals surface area contributed by atoms with Crippen molar-refractivity contribution in [1.82, 2.24) is 0 Å². The summed E-state index contributed by atoms with van der Waals surface area (Å²) in [7, 11) is 1.34. The van der Waals surface area contributed by atoms with E-state index in [0.29, 0.717) is 5.56 Å². The zero-order valence-electron chi connectivity index (χ0n) is 8.10. The van der Waals surface area contributed by atoms with E-state index in [0.717, 1.165) is 0 Å². The highest BCUT2D eigenvalue weighted by molar-refractivity contribution is 5.99. The molecule has 0 bridgehead atoms. The highest BCUT2D eigenvalue weighted by Gasteiger charge is 2.16. The van der Waals surface area contributed by atoms with Crippen LogP contribution in [0.2, 0.25) is 0 Å². The summed E-state index contributed by atoms with van der Waals surface area (Å²) in [4.78, 5) is 10.7. The smallest absolute Gasteiger partial charge is 0.350 e. The molecular weight excluding hydrogens is 194 g/mol. The van der Waals surface area contributed by atoms with Gasteiger partial charge < -0.3 is 9.84 Å². The van der Waals surface area contributed by atoms with Gasteiger partial charge in [-0.05, 0) is 0 Å². The maximum atomic E-state index is 10.7. The van der Waals surface area contributed by atoms with Gasteiger partial charge in [0.25, 0.3) is 0 Å². The molecule has 0 saturated carbocycles. The Bertz CT molecular complexity index is 429. The van der Waals surface area contributed by atoms with Gasteiger partial charge in [-0.1, -0.05) is 30.3 Å². The molecule has 0 heterocycles. The number of aliphatic carboxylic acids is 1. The molecule has 0 unspecified atom stereocenters. The third-order valence-electron chi connectivity index (χ3n) is 1.79. The molecule has 0 radical (unpaired) electrons. The summed E-state index contributed by atoms with van der Waals surface area (Å²) in [6.07, 6.45) is 0. The number of methoxy groups -OCH3 is 1. The van der Waals surface area contributed by atoms with Crippen LogP contribution < -0.4 is 0 Å². The van der Waals surface area contributed by atoms with Crippen LogP contribution in [-0.2, 0) is 9.53 Å². The lowest BCUT2D eigenvalue weighted by Gasteiger charge is -2.06. The average Bonchev–Trinajstić information content (AvgIpc) is 2.26. The molecule has 0 aromatic heterocycles. The topological polar surface area (TPSA) is 70.3 Å². The highest BCUT2D eigenvalue weighted by Crippen LogP contribution is 2.18. The van der Waals surface area contributed by atoms with E-state index in [4.69, 9.17) is 15.1 Å². The first-order valence-corrected chi connectivity index (χ1v) is 4.17. The Balaban J connectivity index is 3.31. The van der Waals surface area contributed by atoms with Crippen LogP contribution in [0.25, 0.3) is 5.76 Å². The second-order valence-corrected chi connectivity index (χ2v) is 2.69. The predicted molar refractivity (Wildman–Crippen MR) is 53.6 cm³/mol. The van der Waals surface area contributed by atoms with Crippen LogP contribution in [0, 0.1) is 11.3 Å². The number of nitriles is 1. The van der Waals surface area contributed by atoms with E-state index in [1.165, 1.54) is 7.11 Å². The van der Waals surface area contributed by atoms with Crippen molar-refractivity contribution >= 4 is 11.7 Å². The van der Waals surface area contributed by atoms with Gasteiger partial charge in [0, 0.05) is 5.56 Å². The molecule has 0 atom stereocenters. The molecule has 1 aromatic rings. The van der Waals surface area contributed by atoms with Crippen LogP contribution in [0.1, 0.15) is 5.56 Å². The molecule has 0 aliphatic heterocycles. The number of ether oxygens (including phenoxy) is 1. The number of rotatable bonds is 3. The molecule has 0 fully saturated rings. The molecule has 0 amide bonds. The van der Waals surface area contributed by atoms with Crippen molar-refractivity contribution in [3.63, 3.8) is 0 Å². The van der Waals surface area contributed by atoms with E-state index in [-0.39, 0.29) is 5.76 Å². The minimum absolute atomic E-state index is 0.0746. The molecule has 0 saturated heterocycles. The number of carboxylic acids is 1. The van der Waals surface area contributed by atoms with Gasteiger partial charge in [-0.15, -0.1) is 0 Å². The monoisotopic (exact) mass is 203 g/mol. The summed E-state index contributed by atoms with van der Waals surface area (Å²) in [6, 6.07) is 10.2. The molecule has 0 spiro atoms. The second-order valence-electron chi connectivity index (χ2n) is 2.69. The standard InChI is InChI=1S/C11H9NO3/c1-15-10(9(7-12)11(13)14)8-5-3-2-4-6-8/h2-6H,1H3,(H,13,14). The molecule has 0 aliphatic rings. The molecule has 76 valence electrons. The maximum absolute atomic E-state index is 10.7. The average molecular weight is 203 g/mol. The predicted octanol–water partition coefficient (Wildman–Crippen LogP) is 1.65. The zero-order chi connectivity index (χ0) is 11.3. The van der Waals surface area contributed by atoms with Gasteiger partial charge in [-0.3, -0.25) is 0 Å². The van der Waals surface area contributed by atoms with E-state index < -0.39 is 11.5 Å². The van der Waals surface area contributed by atoms with Crippen LogP contribution >= 0.6 is 0 Å². The van der Waals surface area contributed by atoms with E-state index >= 15 is 0 Å². The molecule has 1 rings (SSSR count). The molecular formula is C11H9NO3. The van der Waals surface area contributed by atoms with Crippen LogP contribution in [0.5, 0.6) is 0 Å². The van der Waals surface area contributed by atoms with Gasteiger partial charge >= 0.3 is 5.97 Å². The van der Waals surface area contributed by atoms with Gasteiger partial charge in [0.1, 0.15) is 6.07 Å². The Labute approximate surface area is 87.0 Å². The third kappa shape index (κ3) is 2.35. The van der Waals surface area contributed by atoms with E-state index in [2.05, 4.69) is 0 Å². The SMILES string of the molecule is COC(=C(C#N)C(=O)O)c1ccccc1. The van der Waals surface area contributed by atoms with Crippen molar-refractivity contribution in [2.45, 2.75) is 0 Å². The third-order valence-corrected chi connectivity index (χ3v) is 1.79. The zero-order valence-corrected chi connectivity index (χ0v) is 8.10. The minimum atomic E-state index is -1.29. The lowest BCUT2D eigenvalue weighted by Crippen LogP contribution is -2.03. The quantitative estimate of drug-likeness (QED) is 0.460. The molecule has 0 aliphatic carbocycles. The Morgan fingerprint density at radius 3 is 2.40 bits per heavy atom. The number of carbonyl (C=O) groups is 1. The summed E-state index contributed by atoms with van der Waals surface area (Å²) in [5.74, 6) is -1.22. The van der Waals surface area contributed by atoms with Gasteiger partial charge in [0.05, 0.1) is 7.11 Å². The fourth-order valence-corrected chi connectivity index (χ4v) is 1.15. The minimum Gasteiger partial charge on any atom is -0.494 e. The van der Waals surface area contributed by atoms with Gasteiger partial charge in [0.2, 0.25) is 0 Å². The lowest BCUT2D eigenvalue weighted by atomic mass is 10.1. The Kier molecular flexibility index (Phi) is 3.47. The number of carboxylic acid groups (broad SMARTS) is 1. The summed E-state index contributed by atoms with van der Waals surface area (Å²) < 4.78 is 4.93. The Hall–Kier alpha value is -2.28. The van der Waals surface area contributed by atoms with Crippen molar-refractivity contribution in [2.24, 2.45) is 0 Å². The van der Waals surface area contributed by atoms with E-state index in [1.54, 1.807) is 36.4 Å². The summed E-state index contributed by atoms with van der Waals surface area (Å²) in [6.45, 7) is 0. The maximum Gasteiger partial charge on any atom is 0.350 e. The van der Waals surface area contributed by atoms with Crippen LogP contribution in [0.3, 0.4) is 0 Å². The summed E-state index contributed by atoms with van der Waals surface area (Å²) in [5, 5.41) is 17.5. The van der Waals surface area contributed by atoms with Crippen LogP contribution in [0.4, 0.5) is 0 Å². The van der Waals surface area contributed by atoms with Crippen LogP contribution in [0.15, 0.2) is 35.9 Å². The Morgan fingerprint density at radius 2 is 2.00 bits per heavy atom. The molecule has 4 nitrogen and oxygen atoms in total. The van der Waals surface area contributed by atoms with Crippen molar-refractivity contribution < 1.29 is 14.6 Å². The molecule has 1 N–H and O–H groups in total. The Morgan fingerprint density at radius 1 is 1.40 bits per heavy atom. The van der Waals surface area contributed by atoms with Gasteiger partial charge in [-0.25, -0.2) is 4.79 Å². The summed E-state index contributed by atoms with van der Waals surface area (Å²) in [5.41, 5.74) is 0.169. The largest absolute Gasteiger partial charge is 0.494 e. The number of nitrogens with zero attached hydrogens (tertiary/aromatic N) is 1. The van der Waals surface area contributed by atoms with Gasteiger partial charge in [0.15, 0.2) is 11.3 Å². The van der Waals surface area contributed by atoms with Crippen molar-refractivity contribution in [2.75, 3.05) is 7.11 Å². The van der Waals surface area contributed by atoms with Gasteiger partial charge in [-0.2, -0.15) is 5.26 Å². The fraction of sp³-hybridized carbons (Fsp3) is 0.0909. The number of hydrogen-bond acceptors (Lipinski definition) is 3. The van der Waals surface area contributed by atoms with E-state index in [9.17, 15) is 4.79 Å². The first-order valence-electron chi connectivity index (χ1n) is 4.17. The number of benzene rings is 1. The normalized spacial score (nSPS) is 11.2. The molecule has 4 heteroatoms. The number of hydrogen-bond donors (Lipinski definition) is 1. The first kappa shape index (κ1) is 10.8. The van der Waals surface area contributed by atoms with Crippen molar-refractivity contribution in [3.8, 4) is 6.07 Å². The van der Waals surface area contributed by atoms with Crippen molar-refractivity contribution in [3.05, 3.63) is 41.5 Å². The fourth-order valence-electron chi connectivity index (χ4n) is 1.15. The highest BCUT2D eigenvalue weighted by atomic mass is 16.5. The van der Waals surface area contributed by atoms with Crippen molar-refractivity contribution in [1.29, 1.82) is 5.26 Å². The molecule has 15 heavy (non-hydrogen) atoms. The summed E-state index contributed by atoms with van der Waals surface area (Å²) >= 11 is 0. The molecule has 1 aromatic carbocycles.